The van der Waals surface area contributed by atoms with E-state index in [1.165, 1.54) is 31.4 Å². The molecule has 0 radical (unpaired) electrons. The Hall–Kier alpha value is -1.42. The number of fused-ring (bicyclic) bond motifs is 1. The van der Waals surface area contributed by atoms with Crippen LogP contribution in [0.1, 0.15) is 25.0 Å². The van der Waals surface area contributed by atoms with Gasteiger partial charge in [0, 0.05) is 30.9 Å². The van der Waals surface area contributed by atoms with Crippen molar-refractivity contribution in [2.45, 2.75) is 31.7 Å². The standard InChI is InChI=1S/C13H16FN3/c14-10-4-6-17-9-12(16-13(17)7-10)8-11-3-1-2-5-15-11/h4,6-7,9,11,15H,1-3,5,8H2. The van der Waals surface area contributed by atoms with E-state index < -0.39 is 0 Å². The van der Waals surface area contributed by atoms with Gasteiger partial charge in [-0.1, -0.05) is 6.42 Å². The van der Waals surface area contributed by atoms with Crippen LogP contribution < -0.4 is 5.32 Å². The SMILES string of the molecule is Fc1ccn2cc(CC3CCCCN3)nc2c1. The molecular weight excluding hydrogens is 217 g/mol. The molecule has 1 aliphatic rings. The number of aromatic nitrogens is 2. The predicted octanol–water partition coefficient (Wildman–Crippen LogP) is 2.16. The summed E-state index contributed by atoms with van der Waals surface area (Å²) in [6, 6.07) is 3.45. The van der Waals surface area contributed by atoms with Crippen LogP contribution >= 0.6 is 0 Å². The number of rotatable bonds is 2. The summed E-state index contributed by atoms with van der Waals surface area (Å²) in [5, 5.41) is 3.50. The molecule has 1 saturated heterocycles. The molecule has 1 unspecified atom stereocenters. The summed E-state index contributed by atoms with van der Waals surface area (Å²) in [4.78, 5) is 4.45. The molecule has 1 N–H and O–H groups in total. The Morgan fingerprint density at radius 1 is 1.47 bits per heavy atom. The number of imidazole rings is 1. The van der Waals surface area contributed by atoms with Crippen molar-refractivity contribution in [3.05, 3.63) is 36.0 Å². The zero-order valence-electron chi connectivity index (χ0n) is 9.69. The highest BCUT2D eigenvalue weighted by Gasteiger charge is 2.14. The molecule has 3 rings (SSSR count). The number of hydrogen-bond acceptors (Lipinski definition) is 2. The van der Waals surface area contributed by atoms with Crippen LogP contribution in [0.3, 0.4) is 0 Å². The monoisotopic (exact) mass is 233 g/mol. The summed E-state index contributed by atoms with van der Waals surface area (Å²) >= 11 is 0. The first kappa shape index (κ1) is 10.7. The summed E-state index contributed by atoms with van der Waals surface area (Å²) in [7, 11) is 0. The van der Waals surface area contributed by atoms with E-state index in [1.54, 1.807) is 6.20 Å². The fraction of sp³-hybridized carbons (Fsp3) is 0.462. The molecule has 0 spiro atoms. The lowest BCUT2D eigenvalue weighted by atomic mass is 10.0. The van der Waals surface area contributed by atoms with Gasteiger partial charge < -0.3 is 9.72 Å². The molecule has 2 aromatic rings. The van der Waals surface area contributed by atoms with Crippen molar-refractivity contribution in [3.63, 3.8) is 0 Å². The first-order valence-electron chi connectivity index (χ1n) is 6.18. The smallest absolute Gasteiger partial charge is 0.139 e. The molecule has 0 aromatic carbocycles. The topological polar surface area (TPSA) is 29.3 Å². The molecule has 0 saturated carbocycles. The molecule has 1 fully saturated rings. The first-order valence-corrected chi connectivity index (χ1v) is 6.18. The zero-order chi connectivity index (χ0) is 11.7. The van der Waals surface area contributed by atoms with E-state index in [0.29, 0.717) is 11.7 Å². The minimum absolute atomic E-state index is 0.231. The van der Waals surface area contributed by atoms with Crippen LogP contribution in [0.2, 0.25) is 0 Å². The Balaban J connectivity index is 1.80. The highest BCUT2D eigenvalue weighted by Crippen LogP contribution is 2.13. The van der Waals surface area contributed by atoms with E-state index in [2.05, 4.69) is 10.3 Å². The average Bonchev–Trinajstić information content (AvgIpc) is 2.71. The maximum atomic E-state index is 13.0. The maximum Gasteiger partial charge on any atom is 0.139 e. The second-order valence-corrected chi connectivity index (χ2v) is 4.69. The van der Waals surface area contributed by atoms with Crippen LogP contribution in [0.15, 0.2) is 24.5 Å². The predicted molar refractivity (Wildman–Crippen MR) is 64.5 cm³/mol. The first-order chi connectivity index (χ1) is 8.31. The Morgan fingerprint density at radius 3 is 3.24 bits per heavy atom. The Morgan fingerprint density at radius 2 is 2.41 bits per heavy atom. The van der Waals surface area contributed by atoms with Gasteiger partial charge in [0.15, 0.2) is 0 Å². The molecular formula is C13H16FN3. The van der Waals surface area contributed by atoms with Crippen LogP contribution in [0.4, 0.5) is 4.39 Å². The average molecular weight is 233 g/mol. The highest BCUT2D eigenvalue weighted by atomic mass is 19.1. The number of hydrogen-bond donors (Lipinski definition) is 1. The second kappa shape index (κ2) is 4.45. The number of nitrogens with one attached hydrogen (secondary N) is 1. The highest BCUT2D eigenvalue weighted by molar-refractivity contribution is 5.40. The third kappa shape index (κ3) is 2.31. The fourth-order valence-corrected chi connectivity index (χ4v) is 2.46. The van der Waals surface area contributed by atoms with Crippen LogP contribution in [-0.2, 0) is 6.42 Å². The molecule has 0 amide bonds. The van der Waals surface area contributed by atoms with Crippen LogP contribution in [0.25, 0.3) is 5.65 Å². The lowest BCUT2D eigenvalue weighted by Crippen LogP contribution is -2.35. The van der Waals surface area contributed by atoms with E-state index in [0.717, 1.165) is 18.7 Å². The summed E-state index contributed by atoms with van der Waals surface area (Å²) < 4.78 is 14.9. The van der Waals surface area contributed by atoms with E-state index in [4.69, 9.17) is 0 Å². The minimum atomic E-state index is -0.231. The number of halogens is 1. The summed E-state index contributed by atoms with van der Waals surface area (Å²) in [6.07, 6.45) is 8.42. The van der Waals surface area contributed by atoms with E-state index in [1.807, 2.05) is 10.6 Å². The van der Waals surface area contributed by atoms with Crippen molar-refractivity contribution < 1.29 is 4.39 Å². The number of piperidine rings is 1. The van der Waals surface area contributed by atoms with Gasteiger partial charge in [-0.05, 0) is 25.5 Å². The van der Waals surface area contributed by atoms with Crippen molar-refractivity contribution in [2.24, 2.45) is 0 Å². The van der Waals surface area contributed by atoms with Crippen LogP contribution in [0, 0.1) is 5.82 Å². The number of nitrogens with zero attached hydrogens (tertiary/aromatic N) is 2. The third-order valence-corrected chi connectivity index (χ3v) is 3.34. The van der Waals surface area contributed by atoms with Gasteiger partial charge in [0.25, 0.3) is 0 Å². The minimum Gasteiger partial charge on any atom is -0.314 e. The lowest BCUT2D eigenvalue weighted by Gasteiger charge is -2.22. The van der Waals surface area contributed by atoms with Gasteiger partial charge in [0.1, 0.15) is 11.5 Å². The maximum absolute atomic E-state index is 13.0. The number of pyridine rings is 1. The molecule has 1 aliphatic heterocycles. The Kier molecular flexibility index (Phi) is 2.81. The van der Waals surface area contributed by atoms with Crippen molar-refractivity contribution in [2.75, 3.05) is 6.54 Å². The molecule has 17 heavy (non-hydrogen) atoms. The summed E-state index contributed by atoms with van der Waals surface area (Å²) in [5.41, 5.74) is 1.73. The Labute approximate surface area is 99.7 Å². The van der Waals surface area contributed by atoms with Gasteiger partial charge in [-0.15, -0.1) is 0 Å². The molecule has 2 aromatic heterocycles. The van der Waals surface area contributed by atoms with Gasteiger partial charge in [-0.25, -0.2) is 9.37 Å². The van der Waals surface area contributed by atoms with Gasteiger partial charge in [0.2, 0.25) is 0 Å². The van der Waals surface area contributed by atoms with Crippen molar-refractivity contribution in [1.82, 2.24) is 14.7 Å². The fourth-order valence-electron chi connectivity index (χ4n) is 2.46. The Bertz CT molecular complexity index is 514. The molecule has 3 nitrogen and oxygen atoms in total. The normalized spacial score (nSPS) is 20.9. The summed E-state index contributed by atoms with van der Waals surface area (Å²) in [6.45, 7) is 1.10. The lowest BCUT2D eigenvalue weighted by molar-refractivity contribution is 0.397. The van der Waals surface area contributed by atoms with Crippen molar-refractivity contribution in [1.29, 1.82) is 0 Å². The summed E-state index contributed by atoms with van der Waals surface area (Å²) in [5.74, 6) is -0.231. The zero-order valence-corrected chi connectivity index (χ0v) is 9.69. The molecule has 1 atom stereocenters. The molecule has 0 aliphatic carbocycles. The molecule has 0 bridgehead atoms. The molecule has 4 heteroatoms. The van der Waals surface area contributed by atoms with E-state index >= 15 is 0 Å². The van der Waals surface area contributed by atoms with Crippen LogP contribution in [0.5, 0.6) is 0 Å². The van der Waals surface area contributed by atoms with Crippen LogP contribution in [-0.4, -0.2) is 22.0 Å². The largest absolute Gasteiger partial charge is 0.314 e. The molecule has 90 valence electrons. The van der Waals surface area contributed by atoms with Gasteiger partial charge in [0.05, 0.1) is 5.69 Å². The molecule has 3 heterocycles. The van der Waals surface area contributed by atoms with E-state index in [-0.39, 0.29) is 5.82 Å². The van der Waals surface area contributed by atoms with Crippen molar-refractivity contribution >= 4 is 5.65 Å². The van der Waals surface area contributed by atoms with Crippen molar-refractivity contribution in [3.8, 4) is 0 Å². The van der Waals surface area contributed by atoms with Gasteiger partial charge in [-0.3, -0.25) is 0 Å². The van der Waals surface area contributed by atoms with E-state index in [9.17, 15) is 4.39 Å². The van der Waals surface area contributed by atoms with Gasteiger partial charge >= 0.3 is 0 Å². The van der Waals surface area contributed by atoms with Gasteiger partial charge in [-0.2, -0.15) is 0 Å². The third-order valence-electron chi connectivity index (χ3n) is 3.34. The second-order valence-electron chi connectivity index (χ2n) is 4.69. The quantitative estimate of drug-likeness (QED) is 0.861.